The minimum atomic E-state index is -0.380. The maximum Gasteiger partial charge on any atom is 0.259 e. The maximum absolute atomic E-state index is 12.6. The van der Waals surface area contributed by atoms with Crippen LogP contribution in [0.15, 0.2) is 54.0 Å². The summed E-state index contributed by atoms with van der Waals surface area (Å²) in [6.07, 6.45) is 1.60. The van der Waals surface area contributed by atoms with E-state index in [1.54, 1.807) is 48.0 Å². The number of halogens is 1. The highest BCUT2D eigenvalue weighted by molar-refractivity contribution is 7.13. The van der Waals surface area contributed by atoms with Gasteiger partial charge in [-0.1, -0.05) is 23.7 Å². The van der Waals surface area contributed by atoms with Crippen molar-refractivity contribution in [3.05, 3.63) is 70.2 Å². The van der Waals surface area contributed by atoms with Gasteiger partial charge in [0.25, 0.3) is 11.8 Å². The summed E-state index contributed by atoms with van der Waals surface area (Å²) in [7, 11) is 0. The minimum Gasteiger partial charge on any atom is -0.492 e. The van der Waals surface area contributed by atoms with Crippen LogP contribution in [0.1, 0.15) is 27.6 Å². The number of para-hydroxylation sites is 1. The second-order valence-electron chi connectivity index (χ2n) is 5.37. The van der Waals surface area contributed by atoms with Crippen molar-refractivity contribution < 1.29 is 14.3 Å². The van der Waals surface area contributed by atoms with E-state index >= 15 is 0 Å². The molecule has 1 aromatic heterocycles. The molecule has 0 bridgehead atoms. The molecule has 0 unspecified atom stereocenters. The number of nitrogens with zero attached hydrogens (tertiary/aromatic N) is 1. The fourth-order valence-electron chi connectivity index (χ4n) is 2.35. The Balaban J connectivity index is 1.78. The molecule has 8 heteroatoms. The molecule has 0 fully saturated rings. The van der Waals surface area contributed by atoms with Crippen molar-refractivity contribution in [2.75, 3.05) is 17.2 Å². The second kappa shape index (κ2) is 8.66. The molecule has 0 saturated heterocycles. The number of thiazole rings is 1. The zero-order valence-corrected chi connectivity index (χ0v) is 15.9. The van der Waals surface area contributed by atoms with Gasteiger partial charge >= 0.3 is 0 Å². The zero-order chi connectivity index (χ0) is 19.2. The Kier molecular flexibility index (Phi) is 6.05. The Morgan fingerprint density at radius 2 is 1.96 bits per heavy atom. The van der Waals surface area contributed by atoms with E-state index in [2.05, 4.69) is 15.6 Å². The predicted molar refractivity (Wildman–Crippen MR) is 107 cm³/mol. The average Bonchev–Trinajstić information content (AvgIpc) is 3.17. The highest BCUT2D eigenvalue weighted by atomic mass is 35.5. The summed E-state index contributed by atoms with van der Waals surface area (Å²) < 4.78 is 5.37. The third-order valence-corrected chi connectivity index (χ3v) is 4.55. The molecule has 0 aliphatic heterocycles. The monoisotopic (exact) mass is 401 g/mol. The van der Waals surface area contributed by atoms with Gasteiger partial charge < -0.3 is 10.1 Å². The Morgan fingerprint density at radius 3 is 2.67 bits per heavy atom. The fraction of sp³-hybridized carbons (Fsp3) is 0.105. The first-order valence-corrected chi connectivity index (χ1v) is 9.38. The molecule has 0 aliphatic rings. The van der Waals surface area contributed by atoms with Crippen LogP contribution in [0.25, 0.3) is 0 Å². The molecule has 0 spiro atoms. The van der Waals surface area contributed by atoms with Crippen LogP contribution in [-0.4, -0.2) is 23.4 Å². The topological polar surface area (TPSA) is 80.3 Å². The predicted octanol–water partition coefficient (Wildman–Crippen LogP) is 4.70. The quantitative estimate of drug-likeness (QED) is 0.627. The van der Waals surface area contributed by atoms with Gasteiger partial charge in [0.2, 0.25) is 0 Å². The number of nitrogens with one attached hydrogen (secondary N) is 2. The van der Waals surface area contributed by atoms with Gasteiger partial charge in [-0.25, -0.2) is 4.98 Å². The first-order valence-electron chi connectivity index (χ1n) is 8.12. The summed E-state index contributed by atoms with van der Waals surface area (Å²) in [6.45, 7) is 2.33. The van der Waals surface area contributed by atoms with Gasteiger partial charge in [-0.15, -0.1) is 11.3 Å². The second-order valence-corrected chi connectivity index (χ2v) is 6.67. The number of anilines is 2. The Morgan fingerprint density at radius 1 is 1.15 bits per heavy atom. The van der Waals surface area contributed by atoms with Crippen molar-refractivity contribution in [2.45, 2.75) is 6.92 Å². The van der Waals surface area contributed by atoms with E-state index in [0.29, 0.717) is 39.3 Å². The third-order valence-electron chi connectivity index (χ3n) is 3.57. The van der Waals surface area contributed by atoms with E-state index in [0.717, 1.165) is 0 Å². The van der Waals surface area contributed by atoms with Crippen LogP contribution >= 0.6 is 22.9 Å². The Hall–Kier alpha value is -2.90. The summed E-state index contributed by atoms with van der Waals surface area (Å²) in [5, 5.41) is 8.05. The van der Waals surface area contributed by atoms with Gasteiger partial charge in [0.1, 0.15) is 5.75 Å². The molecule has 27 heavy (non-hydrogen) atoms. The summed E-state index contributed by atoms with van der Waals surface area (Å²) in [5.41, 5.74) is 1.08. The molecule has 138 valence electrons. The zero-order valence-electron chi connectivity index (χ0n) is 14.4. The highest BCUT2D eigenvalue weighted by Crippen LogP contribution is 2.26. The lowest BCUT2D eigenvalue weighted by Gasteiger charge is -2.11. The SMILES string of the molecule is CCOc1ccc(C(=O)Nc2ccccc2C(=O)Nc2nccs2)cc1Cl. The summed E-state index contributed by atoms with van der Waals surface area (Å²) in [6, 6.07) is 11.5. The Bertz CT molecular complexity index is 961. The van der Waals surface area contributed by atoms with E-state index in [1.165, 1.54) is 17.4 Å². The van der Waals surface area contributed by atoms with Crippen LogP contribution in [0.2, 0.25) is 5.02 Å². The molecule has 2 N–H and O–H groups in total. The van der Waals surface area contributed by atoms with Gasteiger partial charge in [-0.05, 0) is 37.3 Å². The van der Waals surface area contributed by atoms with Crippen LogP contribution in [-0.2, 0) is 0 Å². The number of rotatable bonds is 6. The van der Waals surface area contributed by atoms with Crippen LogP contribution in [0.5, 0.6) is 5.75 Å². The number of amides is 2. The normalized spacial score (nSPS) is 10.3. The van der Waals surface area contributed by atoms with Gasteiger partial charge in [0.15, 0.2) is 5.13 Å². The molecule has 0 aliphatic carbocycles. The molecule has 3 rings (SSSR count). The molecule has 1 heterocycles. The molecule has 0 atom stereocenters. The lowest BCUT2D eigenvalue weighted by atomic mass is 10.1. The maximum atomic E-state index is 12.6. The van der Waals surface area contributed by atoms with Gasteiger partial charge in [-0.2, -0.15) is 0 Å². The molecular weight excluding hydrogens is 386 g/mol. The molecular formula is C19H16ClN3O3S. The lowest BCUT2D eigenvalue weighted by molar-refractivity contribution is 0.102. The number of hydrogen-bond acceptors (Lipinski definition) is 5. The van der Waals surface area contributed by atoms with Gasteiger partial charge in [0.05, 0.1) is 22.9 Å². The van der Waals surface area contributed by atoms with Crippen molar-refractivity contribution in [1.29, 1.82) is 0 Å². The van der Waals surface area contributed by atoms with E-state index in [9.17, 15) is 9.59 Å². The van der Waals surface area contributed by atoms with Crippen molar-refractivity contribution in [1.82, 2.24) is 4.98 Å². The van der Waals surface area contributed by atoms with Crippen molar-refractivity contribution in [3.8, 4) is 5.75 Å². The van der Waals surface area contributed by atoms with Crippen molar-refractivity contribution in [2.24, 2.45) is 0 Å². The van der Waals surface area contributed by atoms with E-state index in [4.69, 9.17) is 16.3 Å². The standard InChI is InChI=1S/C19H16ClN3O3S/c1-2-26-16-8-7-12(11-14(16)20)17(24)22-15-6-4-3-5-13(15)18(25)23-19-21-9-10-27-19/h3-11H,2H2,1H3,(H,22,24)(H,21,23,25). The van der Waals surface area contributed by atoms with Crippen LogP contribution < -0.4 is 15.4 Å². The number of ether oxygens (including phenoxy) is 1. The van der Waals surface area contributed by atoms with Gasteiger partial charge in [-0.3, -0.25) is 14.9 Å². The first kappa shape index (κ1) is 18.9. The minimum absolute atomic E-state index is 0.332. The largest absolute Gasteiger partial charge is 0.492 e. The molecule has 0 saturated carbocycles. The number of carbonyl (C=O) groups is 2. The van der Waals surface area contributed by atoms with Crippen LogP contribution in [0, 0.1) is 0 Å². The summed E-state index contributed by atoms with van der Waals surface area (Å²) in [4.78, 5) is 29.1. The summed E-state index contributed by atoms with van der Waals surface area (Å²) >= 11 is 7.45. The van der Waals surface area contributed by atoms with E-state index < -0.39 is 0 Å². The number of benzene rings is 2. The summed E-state index contributed by atoms with van der Waals surface area (Å²) in [5.74, 6) is -0.223. The highest BCUT2D eigenvalue weighted by Gasteiger charge is 2.16. The fourth-order valence-corrected chi connectivity index (χ4v) is 3.11. The molecule has 2 amide bonds. The van der Waals surface area contributed by atoms with E-state index in [-0.39, 0.29) is 11.8 Å². The molecule has 2 aromatic carbocycles. The average molecular weight is 402 g/mol. The van der Waals surface area contributed by atoms with Crippen molar-refractivity contribution >= 4 is 45.6 Å². The molecule has 3 aromatic rings. The Labute approximate surface area is 165 Å². The number of hydrogen-bond donors (Lipinski definition) is 2. The van der Waals surface area contributed by atoms with E-state index in [1.807, 2.05) is 6.92 Å². The first-order chi connectivity index (χ1) is 13.1. The van der Waals surface area contributed by atoms with Crippen LogP contribution in [0.3, 0.4) is 0 Å². The smallest absolute Gasteiger partial charge is 0.259 e. The van der Waals surface area contributed by atoms with Crippen LogP contribution in [0.4, 0.5) is 10.8 Å². The lowest BCUT2D eigenvalue weighted by Crippen LogP contribution is -2.18. The molecule has 0 radical (unpaired) electrons. The van der Waals surface area contributed by atoms with Crippen molar-refractivity contribution in [3.63, 3.8) is 0 Å². The van der Waals surface area contributed by atoms with Gasteiger partial charge in [0, 0.05) is 17.1 Å². The number of aromatic nitrogens is 1. The molecule has 6 nitrogen and oxygen atoms in total. The number of carbonyl (C=O) groups excluding carboxylic acids is 2. The third kappa shape index (κ3) is 4.64.